The number of ether oxygens (including phenoxy) is 1. The van der Waals surface area contributed by atoms with Crippen LogP contribution >= 0.6 is 0 Å². The van der Waals surface area contributed by atoms with Gasteiger partial charge in [-0.2, -0.15) is 0 Å². The first-order valence-corrected chi connectivity index (χ1v) is 6.16. The Morgan fingerprint density at radius 1 is 1.65 bits per heavy atom. The molecule has 1 aromatic rings. The van der Waals surface area contributed by atoms with Crippen LogP contribution in [0.15, 0.2) is 23.4 Å². The molecular formula is C12H16N4O4. The molecule has 1 aromatic carbocycles. The average molecular weight is 280 g/mol. The van der Waals surface area contributed by atoms with Crippen molar-refractivity contribution in [2.24, 2.45) is 10.9 Å². The number of hydrogen-bond acceptors (Lipinski definition) is 6. The number of nitrogens with two attached hydrogens (primary N) is 1. The molecule has 0 spiro atoms. The molecule has 2 rings (SSSR count). The van der Waals surface area contributed by atoms with Gasteiger partial charge in [-0.3, -0.25) is 10.1 Å². The standard InChI is InChI=1S/C12H16N4O4/c1-8-7-15(4-5-20-8)11-3-2-9(16(18)19)6-10(11)12(13)14-17/h2-3,6,8,17H,4-5,7H2,1H3,(H2,13,14). The molecule has 8 heteroatoms. The number of nitro benzene ring substituents is 1. The van der Waals surface area contributed by atoms with Crippen LogP contribution in [-0.4, -0.2) is 41.8 Å². The van der Waals surface area contributed by atoms with E-state index in [1.807, 2.05) is 11.8 Å². The summed E-state index contributed by atoms with van der Waals surface area (Å²) in [5, 5.41) is 22.6. The van der Waals surface area contributed by atoms with Crippen LogP contribution in [0.3, 0.4) is 0 Å². The van der Waals surface area contributed by atoms with Gasteiger partial charge in [0.15, 0.2) is 5.84 Å². The van der Waals surface area contributed by atoms with Gasteiger partial charge < -0.3 is 20.6 Å². The van der Waals surface area contributed by atoms with E-state index in [-0.39, 0.29) is 17.6 Å². The summed E-state index contributed by atoms with van der Waals surface area (Å²) in [5.74, 6) is -0.150. The first kappa shape index (κ1) is 14.1. The summed E-state index contributed by atoms with van der Waals surface area (Å²) in [5.41, 5.74) is 6.56. The summed E-state index contributed by atoms with van der Waals surface area (Å²) in [7, 11) is 0. The van der Waals surface area contributed by atoms with E-state index < -0.39 is 4.92 Å². The van der Waals surface area contributed by atoms with Crippen LogP contribution in [0.2, 0.25) is 0 Å². The largest absolute Gasteiger partial charge is 0.409 e. The quantitative estimate of drug-likeness (QED) is 0.280. The third kappa shape index (κ3) is 2.80. The summed E-state index contributed by atoms with van der Waals surface area (Å²) in [6.07, 6.45) is 0.0547. The summed E-state index contributed by atoms with van der Waals surface area (Å²) < 4.78 is 5.46. The van der Waals surface area contributed by atoms with Gasteiger partial charge in [0, 0.05) is 30.9 Å². The molecule has 0 aliphatic carbocycles. The van der Waals surface area contributed by atoms with Gasteiger partial charge in [-0.25, -0.2) is 0 Å². The first-order chi connectivity index (χ1) is 9.52. The first-order valence-electron chi connectivity index (χ1n) is 6.16. The molecule has 1 atom stereocenters. The Balaban J connectivity index is 2.43. The second kappa shape index (κ2) is 5.74. The number of nitro groups is 1. The van der Waals surface area contributed by atoms with E-state index in [0.717, 1.165) is 0 Å². The van der Waals surface area contributed by atoms with Crippen molar-refractivity contribution in [3.8, 4) is 0 Å². The Kier molecular flexibility index (Phi) is 4.04. The zero-order valence-corrected chi connectivity index (χ0v) is 11.0. The van der Waals surface area contributed by atoms with Crippen molar-refractivity contribution in [1.29, 1.82) is 0 Å². The van der Waals surface area contributed by atoms with Crippen LogP contribution in [0.4, 0.5) is 11.4 Å². The maximum absolute atomic E-state index is 10.8. The third-order valence-electron chi connectivity index (χ3n) is 3.16. The maximum atomic E-state index is 10.8. The van der Waals surface area contributed by atoms with E-state index >= 15 is 0 Å². The number of morpholine rings is 1. The molecule has 0 aromatic heterocycles. The number of rotatable bonds is 3. The molecule has 0 amide bonds. The van der Waals surface area contributed by atoms with Gasteiger partial charge in [-0.15, -0.1) is 0 Å². The van der Waals surface area contributed by atoms with Gasteiger partial charge in [-0.1, -0.05) is 5.16 Å². The van der Waals surface area contributed by atoms with Gasteiger partial charge in [0.1, 0.15) is 0 Å². The van der Waals surface area contributed by atoms with Crippen molar-refractivity contribution >= 4 is 17.2 Å². The minimum Gasteiger partial charge on any atom is -0.409 e. The van der Waals surface area contributed by atoms with Crippen molar-refractivity contribution in [2.45, 2.75) is 13.0 Å². The van der Waals surface area contributed by atoms with Crippen LogP contribution in [0.25, 0.3) is 0 Å². The number of hydrogen-bond donors (Lipinski definition) is 2. The molecule has 1 unspecified atom stereocenters. The van der Waals surface area contributed by atoms with Crippen LogP contribution in [-0.2, 0) is 4.74 Å². The second-order valence-corrected chi connectivity index (χ2v) is 4.57. The Hall–Kier alpha value is -2.35. The zero-order valence-electron chi connectivity index (χ0n) is 11.0. The Morgan fingerprint density at radius 2 is 2.40 bits per heavy atom. The molecule has 0 bridgehead atoms. The molecule has 1 fully saturated rings. The fraction of sp³-hybridized carbons (Fsp3) is 0.417. The highest BCUT2D eigenvalue weighted by molar-refractivity contribution is 6.02. The monoisotopic (exact) mass is 280 g/mol. The molecule has 1 heterocycles. The average Bonchev–Trinajstić information content (AvgIpc) is 2.45. The lowest BCUT2D eigenvalue weighted by Crippen LogP contribution is -2.42. The van der Waals surface area contributed by atoms with Gasteiger partial charge in [0.2, 0.25) is 0 Å². The van der Waals surface area contributed by atoms with Crippen molar-refractivity contribution in [3.63, 3.8) is 0 Å². The molecule has 3 N–H and O–H groups in total. The second-order valence-electron chi connectivity index (χ2n) is 4.57. The third-order valence-corrected chi connectivity index (χ3v) is 3.16. The molecule has 20 heavy (non-hydrogen) atoms. The van der Waals surface area contributed by atoms with Gasteiger partial charge in [-0.05, 0) is 13.0 Å². The van der Waals surface area contributed by atoms with E-state index in [4.69, 9.17) is 15.7 Å². The van der Waals surface area contributed by atoms with Gasteiger partial charge >= 0.3 is 0 Å². The summed E-state index contributed by atoms with van der Waals surface area (Å²) in [6, 6.07) is 4.33. The highest BCUT2D eigenvalue weighted by Gasteiger charge is 2.22. The van der Waals surface area contributed by atoms with E-state index in [1.54, 1.807) is 6.07 Å². The molecule has 0 saturated carbocycles. The van der Waals surface area contributed by atoms with E-state index in [9.17, 15) is 10.1 Å². The number of oxime groups is 1. The van der Waals surface area contributed by atoms with Crippen molar-refractivity contribution in [1.82, 2.24) is 0 Å². The molecule has 108 valence electrons. The lowest BCUT2D eigenvalue weighted by Gasteiger charge is -2.33. The van der Waals surface area contributed by atoms with Crippen LogP contribution < -0.4 is 10.6 Å². The van der Waals surface area contributed by atoms with E-state index in [0.29, 0.717) is 30.9 Å². The predicted molar refractivity (Wildman–Crippen MR) is 73.2 cm³/mol. The summed E-state index contributed by atoms with van der Waals surface area (Å²) in [4.78, 5) is 12.3. The van der Waals surface area contributed by atoms with Crippen molar-refractivity contribution in [2.75, 3.05) is 24.6 Å². The maximum Gasteiger partial charge on any atom is 0.270 e. The number of amidine groups is 1. The Bertz CT molecular complexity index is 546. The van der Waals surface area contributed by atoms with Crippen molar-refractivity contribution < 1.29 is 14.9 Å². The highest BCUT2D eigenvalue weighted by Crippen LogP contribution is 2.27. The number of benzene rings is 1. The number of nitrogens with zero attached hydrogens (tertiary/aromatic N) is 3. The summed E-state index contributed by atoms with van der Waals surface area (Å²) in [6.45, 7) is 3.80. The normalized spacial score (nSPS) is 19.9. The van der Waals surface area contributed by atoms with Crippen LogP contribution in [0.5, 0.6) is 0 Å². The fourth-order valence-corrected chi connectivity index (χ4v) is 2.21. The molecule has 8 nitrogen and oxygen atoms in total. The Labute approximate surface area is 115 Å². The lowest BCUT2D eigenvalue weighted by atomic mass is 10.1. The van der Waals surface area contributed by atoms with Crippen LogP contribution in [0, 0.1) is 10.1 Å². The van der Waals surface area contributed by atoms with Gasteiger partial charge in [0.05, 0.1) is 23.2 Å². The molecule has 1 aliphatic heterocycles. The fourth-order valence-electron chi connectivity index (χ4n) is 2.21. The lowest BCUT2D eigenvalue weighted by molar-refractivity contribution is -0.384. The minimum absolute atomic E-state index is 0.0547. The molecule has 1 saturated heterocycles. The number of anilines is 1. The molecule has 1 aliphatic rings. The SMILES string of the molecule is CC1CN(c2ccc([N+](=O)[O-])cc2C(N)=NO)CCO1. The smallest absolute Gasteiger partial charge is 0.270 e. The highest BCUT2D eigenvalue weighted by atomic mass is 16.6. The van der Waals surface area contributed by atoms with Gasteiger partial charge in [0.25, 0.3) is 5.69 Å². The van der Waals surface area contributed by atoms with Crippen molar-refractivity contribution in [3.05, 3.63) is 33.9 Å². The molecule has 0 radical (unpaired) electrons. The summed E-state index contributed by atoms with van der Waals surface area (Å²) >= 11 is 0. The molecular weight excluding hydrogens is 264 g/mol. The predicted octanol–water partition coefficient (Wildman–Crippen LogP) is 0.914. The Morgan fingerprint density at radius 3 is 3.00 bits per heavy atom. The van der Waals surface area contributed by atoms with E-state index in [1.165, 1.54) is 12.1 Å². The minimum atomic E-state index is -0.514. The zero-order chi connectivity index (χ0) is 14.7. The topological polar surface area (TPSA) is 114 Å². The van der Waals surface area contributed by atoms with Crippen LogP contribution in [0.1, 0.15) is 12.5 Å². The van der Waals surface area contributed by atoms with E-state index in [2.05, 4.69) is 5.16 Å². The number of non-ortho nitro benzene ring substituents is 1.